The van der Waals surface area contributed by atoms with Gasteiger partial charge in [-0.15, -0.1) is 0 Å². The lowest BCUT2D eigenvalue weighted by molar-refractivity contribution is 0.0156. The van der Waals surface area contributed by atoms with E-state index in [-0.39, 0.29) is 12.1 Å². The first-order valence-corrected chi connectivity index (χ1v) is 4.54. The van der Waals surface area contributed by atoms with E-state index >= 15 is 0 Å². The van der Waals surface area contributed by atoms with Crippen LogP contribution in [-0.4, -0.2) is 56.8 Å². The van der Waals surface area contributed by atoms with E-state index in [9.17, 15) is 4.79 Å². The second-order valence-corrected chi connectivity index (χ2v) is 3.12. The minimum atomic E-state index is -1.01. The lowest BCUT2D eigenvalue weighted by Gasteiger charge is -2.18. The normalized spacial score (nSPS) is 26.4. The molecule has 1 heterocycles. The second-order valence-electron chi connectivity index (χ2n) is 3.12. The van der Waals surface area contributed by atoms with Gasteiger partial charge in [0.1, 0.15) is 0 Å². The number of nitrogens with one attached hydrogen (secondary N) is 2. The fourth-order valence-electron chi connectivity index (χ4n) is 1.42. The molecule has 2 unspecified atom stereocenters. The highest BCUT2D eigenvalue weighted by Crippen LogP contribution is 2.04. The summed E-state index contributed by atoms with van der Waals surface area (Å²) in [4.78, 5) is 10.4. The Morgan fingerprint density at radius 2 is 2.36 bits per heavy atom. The smallest absolute Gasteiger partial charge is 0.405 e. The quantitative estimate of drug-likeness (QED) is 0.514. The van der Waals surface area contributed by atoms with Crippen LogP contribution in [0.2, 0.25) is 0 Å². The number of rotatable bonds is 5. The Kier molecular flexibility index (Phi) is 4.64. The van der Waals surface area contributed by atoms with Crippen molar-refractivity contribution in [3.63, 3.8) is 0 Å². The van der Waals surface area contributed by atoms with Gasteiger partial charge >= 0.3 is 6.09 Å². The van der Waals surface area contributed by atoms with Crippen molar-refractivity contribution in [1.29, 1.82) is 0 Å². The second kappa shape index (κ2) is 5.79. The molecule has 1 amide bonds. The molecule has 6 nitrogen and oxygen atoms in total. The average Bonchev–Trinajstić information content (AvgIpc) is 2.52. The van der Waals surface area contributed by atoms with E-state index in [1.165, 1.54) is 0 Å². The van der Waals surface area contributed by atoms with E-state index in [0.29, 0.717) is 26.3 Å². The summed E-state index contributed by atoms with van der Waals surface area (Å²) >= 11 is 0. The zero-order valence-corrected chi connectivity index (χ0v) is 8.16. The predicted molar refractivity (Wildman–Crippen MR) is 49.4 cm³/mol. The third-order valence-electron chi connectivity index (χ3n) is 2.09. The van der Waals surface area contributed by atoms with E-state index in [0.717, 1.165) is 0 Å². The Labute approximate surface area is 82.6 Å². The predicted octanol–water partition coefficient (Wildman–Crippen LogP) is -0.743. The fourth-order valence-corrected chi connectivity index (χ4v) is 1.42. The van der Waals surface area contributed by atoms with Gasteiger partial charge < -0.3 is 25.2 Å². The molecule has 0 saturated carbocycles. The van der Waals surface area contributed by atoms with Crippen LogP contribution in [0.3, 0.4) is 0 Å². The maximum atomic E-state index is 10.4. The van der Waals surface area contributed by atoms with Crippen LogP contribution in [0, 0.1) is 0 Å². The summed E-state index contributed by atoms with van der Waals surface area (Å²) in [5.74, 6) is 0. The largest absolute Gasteiger partial charge is 0.465 e. The Bertz CT molecular complexity index is 188. The highest BCUT2D eigenvalue weighted by atomic mass is 16.5. The number of ether oxygens (including phenoxy) is 2. The highest BCUT2D eigenvalue weighted by Gasteiger charge is 2.28. The molecule has 0 aliphatic carbocycles. The van der Waals surface area contributed by atoms with Crippen LogP contribution >= 0.6 is 0 Å². The number of carbonyl (C=O) groups is 1. The van der Waals surface area contributed by atoms with Gasteiger partial charge in [-0.25, -0.2) is 4.79 Å². The summed E-state index contributed by atoms with van der Waals surface area (Å²) in [7, 11) is 1.60. The van der Waals surface area contributed by atoms with Crippen LogP contribution in [-0.2, 0) is 9.47 Å². The summed E-state index contributed by atoms with van der Waals surface area (Å²) in [5, 5.41) is 14.0. The average molecular weight is 204 g/mol. The molecule has 82 valence electrons. The third-order valence-corrected chi connectivity index (χ3v) is 2.09. The number of hydrogen-bond donors (Lipinski definition) is 3. The fraction of sp³-hybridized carbons (Fsp3) is 0.875. The third kappa shape index (κ3) is 3.49. The molecule has 0 aromatic heterocycles. The summed E-state index contributed by atoms with van der Waals surface area (Å²) in [6, 6.07) is -0.163. The number of carboxylic acid groups (broad SMARTS) is 1. The molecule has 0 aromatic rings. The van der Waals surface area contributed by atoms with Crippen molar-refractivity contribution in [2.24, 2.45) is 0 Å². The summed E-state index contributed by atoms with van der Waals surface area (Å²) in [6.07, 6.45) is -1.11. The lowest BCUT2D eigenvalue weighted by Crippen LogP contribution is -2.43. The first-order chi connectivity index (χ1) is 6.74. The molecular weight excluding hydrogens is 188 g/mol. The lowest BCUT2D eigenvalue weighted by atomic mass is 10.2. The molecule has 0 spiro atoms. The molecule has 2 atom stereocenters. The van der Waals surface area contributed by atoms with Crippen LogP contribution in [0.15, 0.2) is 0 Å². The van der Waals surface area contributed by atoms with Gasteiger partial charge in [-0.1, -0.05) is 0 Å². The Morgan fingerprint density at radius 1 is 1.57 bits per heavy atom. The van der Waals surface area contributed by atoms with E-state index in [1.54, 1.807) is 7.11 Å². The maximum absolute atomic E-state index is 10.4. The summed E-state index contributed by atoms with van der Waals surface area (Å²) < 4.78 is 10.3. The number of methoxy groups -OCH3 is 1. The standard InChI is InChI=1S/C8H16N2O4/c1-13-2-3-14-7-5-9-4-6(7)10-8(11)12/h6-7,9-10H,2-5H2,1H3,(H,11,12). The van der Waals surface area contributed by atoms with Crippen LogP contribution < -0.4 is 10.6 Å². The Morgan fingerprint density at radius 3 is 3.00 bits per heavy atom. The van der Waals surface area contributed by atoms with Gasteiger partial charge in [-0.3, -0.25) is 0 Å². The van der Waals surface area contributed by atoms with Gasteiger partial charge in [0.15, 0.2) is 0 Å². The Hall–Kier alpha value is -0.850. The van der Waals surface area contributed by atoms with E-state index in [1.807, 2.05) is 0 Å². The molecule has 1 aliphatic heterocycles. The maximum Gasteiger partial charge on any atom is 0.405 e. The van der Waals surface area contributed by atoms with Crippen LogP contribution in [0.1, 0.15) is 0 Å². The molecule has 0 radical (unpaired) electrons. The molecule has 0 bridgehead atoms. The van der Waals surface area contributed by atoms with Gasteiger partial charge in [-0.2, -0.15) is 0 Å². The molecule has 3 N–H and O–H groups in total. The molecule has 14 heavy (non-hydrogen) atoms. The van der Waals surface area contributed by atoms with Crippen LogP contribution in [0.25, 0.3) is 0 Å². The minimum absolute atomic E-state index is 0.0961. The minimum Gasteiger partial charge on any atom is -0.465 e. The van der Waals surface area contributed by atoms with Crippen molar-refractivity contribution >= 4 is 6.09 Å². The first-order valence-electron chi connectivity index (χ1n) is 4.54. The summed E-state index contributed by atoms with van der Waals surface area (Å²) in [5.41, 5.74) is 0. The Balaban J connectivity index is 2.24. The number of hydrogen-bond acceptors (Lipinski definition) is 4. The SMILES string of the molecule is COCCOC1CNCC1NC(=O)O. The van der Waals surface area contributed by atoms with Crippen molar-refractivity contribution in [3.8, 4) is 0 Å². The zero-order valence-electron chi connectivity index (χ0n) is 8.16. The van der Waals surface area contributed by atoms with E-state index in [4.69, 9.17) is 14.6 Å². The van der Waals surface area contributed by atoms with Crippen molar-refractivity contribution in [2.45, 2.75) is 12.1 Å². The van der Waals surface area contributed by atoms with E-state index < -0.39 is 6.09 Å². The van der Waals surface area contributed by atoms with Crippen LogP contribution in [0.4, 0.5) is 4.79 Å². The van der Waals surface area contributed by atoms with Crippen LogP contribution in [0.5, 0.6) is 0 Å². The number of amides is 1. The molecule has 0 aromatic carbocycles. The molecule has 6 heteroatoms. The van der Waals surface area contributed by atoms with Crippen molar-refractivity contribution in [3.05, 3.63) is 0 Å². The monoisotopic (exact) mass is 204 g/mol. The van der Waals surface area contributed by atoms with Crippen molar-refractivity contribution in [1.82, 2.24) is 10.6 Å². The molecular formula is C8H16N2O4. The van der Waals surface area contributed by atoms with E-state index in [2.05, 4.69) is 10.6 Å². The van der Waals surface area contributed by atoms with Crippen molar-refractivity contribution in [2.75, 3.05) is 33.4 Å². The molecule has 1 fully saturated rings. The van der Waals surface area contributed by atoms with Gasteiger partial charge in [0.25, 0.3) is 0 Å². The van der Waals surface area contributed by atoms with Gasteiger partial charge in [0.2, 0.25) is 0 Å². The van der Waals surface area contributed by atoms with Gasteiger partial charge in [0, 0.05) is 20.2 Å². The zero-order chi connectivity index (χ0) is 10.4. The first kappa shape index (κ1) is 11.2. The van der Waals surface area contributed by atoms with Crippen molar-refractivity contribution < 1.29 is 19.4 Å². The molecule has 1 rings (SSSR count). The topological polar surface area (TPSA) is 79.8 Å². The van der Waals surface area contributed by atoms with Gasteiger partial charge in [-0.05, 0) is 0 Å². The molecule has 1 saturated heterocycles. The molecule has 1 aliphatic rings. The summed E-state index contributed by atoms with van der Waals surface area (Å²) in [6.45, 7) is 2.30. The van der Waals surface area contributed by atoms with Gasteiger partial charge in [0.05, 0.1) is 25.4 Å². The highest BCUT2D eigenvalue weighted by molar-refractivity contribution is 5.65.